The van der Waals surface area contributed by atoms with Gasteiger partial charge in [-0.15, -0.1) is 3.89 Å². The Morgan fingerprint density at radius 1 is 1.39 bits per heavy atom. The van der Waals surface area contributed by atoms with E-state index >= 15 is 0 Å². The van der Waals surface area contributed by atoms with E-state index in [2.05, 4.69) is 5.32 Å². The maximum Gasteiger partial charge on any atom is 0.326 e. The van der Waals surface area contributed by atoms with Crippen LogP contribution >= 0.6 is 0 Å². The molecule has 0 unspecified atom stereocenters. The van der Waals surface area contributed by atoms with Crippen LogP contribution in [0.4, 0.5) is 3.89 Å². The molecular weight excluding hydrogens is 269 g/mol. The van der Waals surface area contributed by atoms with Crippen molar-refractivity contribution in [3.8, 4) is 0 Å². The average molecular weight is 285 g/mol. The van der Waals surface area contributed by atoms with Gasteiger partial charge in [0.05, 0.1) is 24.7 Å². The molecule has 9 heteroatoms. The van der Waals surface area contributed by atoms with Crippen molar-refractivity contribution in [1.82, 2.24) is 5.32 Å². The summed E-state index contributed by atoms with van der Waals surface area (Å²) >= 11 is 0. The zero-order valence-electron chi connectivity index (χ0n) is 9.44. The first kappa shape index (κ1) is 15.3. The molecule has 1 rings (SSSR count). The summed E-state index contributed by atoms with van der Waals surface area (Å²) in [6, 6.07) is 0. The Morgan fingerprint density at radius 2 is 2.06 bits per heavy atom. The van der Waals surface area contributed by atoms with Crippen molar-refractivity contribution in [2.45, 2.75) is 18.3 Å². The van der Waals surface area contributed by atoms with Crippen LogP contribution in [0.25, 0.3) is 0 Å². The Kier molecular flexibility index (Phi) is 5.47. The number of aliphatic hydroxyl groups excluding tert-OH is 3. The largest absolute Gasteiger partial charge is 0.394 e. The van der Waals surface area contributed by atoms with Crippen LogP contribution in [-0.4, -0.2) is 61.8 Å². The summed E-state index contributed by atoms with van der Waals surface area (Å²) in [6.07, 6.45) is -2.27. The summed E-state index contributed by atoms with van der Waals surface area (Å²) < 4.78 is 37.5. The molecule has 0 aliphatic carbocycles. The highest BCUT2D eigenvalue weighted by molar-refractivity contribution is 7.89. The molecule has 0 saturated carbocycles. The molecule has 0 radical (unpaired) electrons. The van der Waals surface area contributed by atoms with Gasteiger partial charge in [-0.1, -0.05) is 0 Å². The number of nitrogens with one attached hydrogen (secondary N) is 1. The Labute approximate surface area is 104 Å². The fourth-order valence-corrected chi connectivity index (χ4v) is 1.89. The molecule has 4 atom stereocenters. The second-order valence-electron chi connectivity index (χ2n) is 3.98. The highest BCUT2D eigenvalue weighted by Gasteiger charge is 2.37. The third kappa shape index (κ3) is 4.50. The predicted molar refractivity (Wildman–Crippen MR) is 59.5 cm³/mol. The monoisotopic (exact) mass is 285 g/mol. The van der Waals surface area contributed by atoms with Crippen molar-refractivity contribution in [2.24, 2.45) is 5.92 Å². The second kappa shape index (κ2) is 6.43. The van der Waals surface area contributed by atoms with Gasteiger partial charge in [0, 0.05) is 18.7 Å². The Hall–Kier alpha value is -0.740. The first-order chi connectivity index (χ1) is 8.35. The SMILES string of the molecule is O=S(=O)(F)C=CNC[C@@H]1CO[C@H](CO)[C@H](O)[C@@H]1O. The summed E-state index contributed by atoms with van der Waals surface area (Å²) in [5.74, 6) is -0.491. The normalized spacial score (nSPS) is 33.8. The molecule has 0 spiro atoms. The molecule has 106 valence electrons. The Bertz CT molecular complexity index is 387. The van der Waals surface area contributed by atoms with Crippen molar-refractivity contribution in [3.05, 3.63) is 11.6 Å². The molecule has 0 aromatic carbocycles. The lowest BCUT2D eigenvalue weighted by atomic mass is 9.92. The fourth-order valence-electron chi connectivity index (χ4n) is 1.63. The quantitative estimate of drug-likeness (QED) is 0.435. The number of hydrogen-bond donors (Lipinski definition) is 4. The lowest BCUT2D eigenvalue weighted by Gasteiger charge is -2.36. The van der Waals surface area contributed by atoms with Gasteiger partial charge in [-0.3, -0.25) is 0 Å². The van der Waals surface area contributed by atoms with Gasteiger partial charge in [0.2, 0.25) is 0 Å². The summed E-state index contributed by atoms with van der Waals surface area (Å²) in [5.41, 5.74) is 0. The number of rotatable bonds is 5. The topological polar surface area (TPSA) is 116 Å². The van der Waals surface area contributed by atoms with Gasteiger partial charge in [-0.25, -0.2) is 0 Å². The summed E-state index contributed by atoms with van der Waals surface area (Å²) in [7, 11) is -4.68. The van der Waals surface area contributed by atoms with Crippen LogP contribution in [0.5, 0.6) is 0 Å². The van der Waals surface area contributed by atoms with Gasteiger partial charge in [0.1, 0.15) is 12.2 Å². The first-order valence-electron chi connectivity index (χ1n) is 5.28. The zero-order chi connectivity index (χ0) is 13.8. The van der Waals surface area contributed by atoms with Crippen molar-refractivity contribution in [2.75, 3.05) is 19.8 Å². The average Bonchev–Trinajstić information content (AvgIpc) is 2.28. The van der Waals surface area contributed by atoms with Crippen LogP contribution in [0.1, 0.15) is 0 Å². The van der Waals surface area contributed by atoms with Crippen LogP contribution in [0.2, 0.25) is 0 Å². The van der Waals surface area contributed by atoms with Crippen LogP contribution in [0.15, 0.2) is 11.6 Å². The molecule has 18 heavy (non-hydrogen) atoms. The van der Waals surface area contributed by atoms with E-state index in [9.17, 15) is 22.5 Å². The van der Waals surface area contributed by atoms with Crippen LogP contribution in [0, 0.1) is 5.92 Å². The van der Waals surface area contributed by atoms with E-state index in [4.69, 9.17) is 9.84 Å². The molecule has 1 saturated heterocycles. The van der Waals surface area contributed by atoms with Gasteiger partial charge in [0.25, 0.3) is 0 Å². The predicted octanol–water partition coefficient (Wildman–Crippen LogP) is -1.92. The van der Waals surface area contributed by atoms with Crippen molar-refractivity contribution >= 4 is 10.2 Å². The molecule has 7 nitrogen and oxygen atoms in total. The second-order valence-corrected chi connectivity index (χ2v) is 5.21. The fraction of sp³-hybridized carbons (Fsp3) is 0.778. The number of hydrogen-bond acceptors (Lipinski definition) is 7. The van der Waals surface area contributed by atoms with Crippen LogP contribution in [-0.2, 0) is 15.0 Å². The van der Waals surface area contributed by atoms with Gasteiger partial charge in [0.15, 0.2) is 0 Å². The van der Waals surface area contributed by atoms with Gasteiger partial charge < -0.3 is 25.4 Å². The maximum atomic E-state index is 12.1. The maximum absolute atomic E-state index is 12.1. The minimum atomic E-state index is -4.68. The molecule has 1 aliphatic rings. The minimum Gasteiger partial charge on any atom is -0.394 e. The van der Waals surface area contributed by atoms with Crippen LogP contribution in [0.3, 0.4) is 0 Å². The van der Waals surface area contributed by atoms with Crippen molar-refractivity contribution in [1.29, 1.82) is 0 Å². The smallest absolute Gasteiger partial charge is 0.326 e. The molecular formula is C9H16FNO6S. The van der Waals surface area contributed by atoms with Crippen molar-refractivity contribution in [3.63, 3.8) is 0 Å². The lowest BCUT2D eigenvalue weighted by molar-refractivity contribution is -0.173. The molecule has 1 heterocycles. The highest BCUT2D eigenvalue weighted by Crippen LogP contribution is 2.19. The van der Waals surface area contributed by atoms with Gasteiger partial charge in [-0.05, 0) is 0 Å². The summed E-state index contributed by atoms with van der Waals surface area (Å²) in [6.45, 7) is -0.215. The third-order valence-electron chi connectivity index (χ3n) is 2.65. The van der Waals surface area contributed by atoms with Crippen molar-refractivity contribution < 1.29 is 32.4 Å². The molecule has 1 fully saturated rings. The molecule has 0 bridgehead atoms. The number of halogens is 1. The van der Waals surface area contributed by atoms with E-state index in [-0.39, 0.29) is 13.2 Å². The molecule has 0 amide bonds. The summed E-state index contributed by atoms with van der Waals surface area (Å²) in [4.78, 5) is 0. The van der Waals surface area contributed by atoms with E-state index in [0.29, 0.717) is 5.41 Å². The van der Waals surface area contributed by atoms with E-state index in [0.717, 1.165) is 6.20 Å². The van der Waals surface area contributed by atoms with Crippen LogP contribution < -0.4 is 5.32 Å². The number of ether oxygens (including phenoxy) is 1. The van der Waals surface area contributed by atoms with Gasteiger partial charge in [-0.2, -0.15) is 8.42 Å². The Morgan fingerprint density at radius 3 is 2.61 bits per heavy atom. The third-order valence-corrected chi connectivity index (χ3v) is 3.11. The molecule has 4 N–H and O–H groups in total. The summed E-state index contributed by atoms with van der Waals surface area (Å²) in [5, 5.41) is 30.9. The van der Waals surface area contributed by atoms with Gasteiger partial charge >= 0.3 is 10.2 Å². The standard InChI is InChI=1S/C9H16FNO6S/c10-18(15,16)2-1-11-3-6-5-17-7(4-12)9(14)8(6)13/h1-2,6-9,11-14H,3-5H2/t6-,7-,8-,9+/m1/s1. The van der Waals surface area contributed by atoms with E-state index in [1.165, 1.54) is 0 Å². The molecule has 0 aromatic rings. The van der Waals surface area contributed by atoms with E-state index < -0.39 is 41.1 Å². The zero-order valence-corrected chi connectivity index (χ0v) is 10.3. The minimum absolute atomic E-state index is 0.0899. The molecule has 1 aliphatic heterocycles. The lowest BCUT2D eigenvalue weighted by Crippen LogP contribution is -2.53. The van der Waals surface area contributed by atoms with E-state index in [1.807, 2.05) is 0 Å². The number of aliphatic hydroxyl groups is 3. The first-order valence-corrected chi connectivity index (χ1v) is 6.73. The Balaban J connectivity index is 2.42. The molecule has 0 aromatic heterocycles. The van der Waals surface area contributed by atoms with E-state index in [1.54, 1.807) is 0 Å². The highest BCUT2D eigenvalue weighted by atomic mass is 32.3.